The van der Waals surface area contributed by atoms with Gasteiger partial charge in [0.25, 0.3) is 0 Å². The van der Waals surface area contributed by atoms with Crippen LogP contribution in [-0.4, -0.2) is 17.3 Å². The number of hydrogen-bond acceptors (Lipinski definition) is 1. The number of nitrogens with one attached hydrogen (secondary N) is 1. The molecule has 0 aliphatic carbocycles. The summed E-state index contributed by atoms with van der Waals surface area (Å²) in [5.41, 5.74) is 0.554. The Morgan fingerprint density at radius 1 is 1.35 bits per heavy atom. The van der Waals surface area contributed by atoms with E-state index in [9.17, 15) is 4.79 Å². The lowest BCUT2D eigenvalue weighted by Gasteiger charge is -2.26. The molecule has 1 aromatic carbocycles. The van der Waals surface area contributed by atoms with Crippen molar-refractivity contribution in [1.82, 2.24) is 5.32 Å². The molecule has 0 fully saturated rings. The molecule has 0 bridgehead atoms. The van der Waals surface area contributed by atoms with Crippen LogP contribution in [0.25, 0.3) is 0 Å². The molecular weight excluding hydrogens is 278 g/mol. The van der Waals surface area contributed by atoms with Gasteiger partial charge in [-0.05, 0) is 25.8 Å². The number of rotatable bonds is 5. The van der Waals surface area contributed by atoms with Crippen LogP contribution in [0.1, 0.15) is 32.8 Å². The maximum Gasteiger partial charge on any atom is 0.230 e. The molecule has 1 atom stereocenters. The van der Waals surface area contributed by atoms with Crippen molar-refractivity contribution >= 4 is 21.8 Å². The van der Waals surface area contributed by atoms with E-state index in [1.165, 1.54) is 0 Å². The van der Waals surface area contributed by atoms with Crippen LogP contribution in [0.15, 0.2) is 30.3 Å². The van der Waals surface area contributed by atoms with Crippen LogP contribution in [0.4, 0.5) is 0 Å². The van der Waals surface area contributed by atoms with Gasteiger partial charge in [-0.1, -0.05) is 53.2 Å². The van der Waals surface area contributed by atoms with Crippen molar-refractivity contribution in [3.63, 3.8) is 0 Å². The number of alkyl halides is 1. The first kappa shape index (κ1) is 14.2. The summed E-state index contributed by atoms with van der Waals surface area (Å²) in [4.78, 5) is 12.3. The van der Waals surface area contributed by atoms with E-state index >= 15 is 0 Å². The molecule has 0 saturated carbocycles. The van der Waals surface area contributed by atoms with Crippen LogP contribution < -0.4 is 5.32 Å². The minimum absolute atomic E-state index is 0.0787. The first-order valence-electron chi connectivity index (χ1n) is 5.94. The summed E-state index contributed by atoms with van der Waals surface area (Å²) < 4.78 is 0. The topological polar surface area (TPSA) is 29.1 Å². The lowest BCUT2D eigenvalue weighted by molar-refractivity contribution is -0.126. The highest BCUT2D eigenvalue weighted by Gasteiger charge is 2.30. The quantitative estimate of drug-likeness (QED) is 0.831. The second-order valence-electron chi connectivity index (χ2n) is 4.72. The van der Waals surface area contributed by atoms with Crippen molar-refractivity contribution in [3.05, 3.63) is 35.9 Å². The lowest BCUT2D eigenvalue weighted by Crippen LogP contribution is -2.45. The maximum atomic E-state index is 12.3. The first-order valence-corrected chi connectivity index (χ1v) is 7.07. The fraction of sp³-hybridized carbons (Fsp3) is 0.500. The van der Waals surface area contributed by atoms with E-state index in [0.29, 0.717) is 0 Å². The Hall–Kier alpha value is -0.830. The van der Waals surface area contributed by atoms with Gasteiger partial charge in [-0.2, -0.15) is 0 Å². The van der Waals surface area contributed by atoms with Gasteiger partial charge >= 0.3 is 0 Å². The average Bonchev–Trinajstić information content (AvgIpc) is 2.36. The zero-order valence-corrected chi connectivity index (χ0v) is 12.3. The molecule has 1 N–H and O–H groups in total. The SMILES string of the molecule is CCC(CBr)NC(=O)C(C)(C)c1ccccc1. The number of benzene rings is 1. The summed E-state index contributed by atoms with van der Waals surface area (Å²) in [6, 6.07) is 10.1. The number of amides is 1. The van der Waals surface area contributed by atoms with E-state index in [1.807, 2.05) is 44.2 Å². The van der Waals surface area contributed by atoms with Gasteiger partial charge in [-0.3, -0.25) is 4.79 Å². The van der Waals surface area contributed by atoms with E-state index in [1.54, 1.807) is 0 Å². The molecule has 0 spiro atoms. The van der Waals surface area contributed by atoms with E-state index in [2.05, 4.69) is 28.2 Å². The fourth-order valence-electron chi connectivity index (χ4n) is 1.60. The zero-order valence-electron chi connectivity index (χ0n) is 10.7. The van der Waals surface area contributed by atoms with Gasteiger partial charge in [0.05, 0.1) is 5.41 Å². The van der Waals surface area contributed by atoms with Crippen LogP contribution in [0.5, 0.6) is 0 Å². The van der Waals surface area contributed by atoms with Crippen molar-refractivity contribution in [2.24, 2.45) is 0 Å². The standard InChI is InChI=1S/C14H20BrNO/c1-4-12(10-15)16-13(17)14(2,3)11-8-6-5-7-9-11/h5-9,12H,4,10H2,1-3H3,(H,16,17). The van der Waals surface area contributed by atoms with Crippen LogP contribution in [0, 0.1) is 0 Å². The average molecular weight is 298 g/mol. The monoisotopic (exact) mass is 297 g/mol. The Morgan fingerprint density at radius 2 is 1.94 bits per heavy atom. The molecule has 0 radical (unpaired) electrons. The van der Waals surface area contributed by atoms with Crippen molar-refractivity contribution in [2.75, 3.05) is 5.33 Å². The summed E-state index contributed by atoms with van der Waals surface area (Å²) >= 11 is 3.41. The first-order chi connectivity index (χ1) is 8.02. The molecule has 17 heavy (non-hydrogen) atoms. The molecule has 0 aromatic heterocycles. The zero-order chi connectivity index (χ0) is 12.9. The molecule has 0 aliphatic rings. The predicted octanol–water partition coefficient (Wildman–Crippen LogP) is 3.25. The summed E-state index contributed by atoms with van der Waals surface area (Å²) in [6.45, 7) is 5.99. The second kappa shape index (κ2) is 6.20. The van der Waals surface area contributed by atoms with Gasteiger partial charge in [-0.25, -0.2) is 0 Å². The summed E-state index contributed by atoms with van der Waals surface area (Å²) in [5, 5.41) is 3.86. The van der Waals surface area contributed by atoms with E-state index in [-0.39, 0.29) is 11.9 Å². The summed E-state index contributed by atoms with van der Waals surface area (Å²) in [7, 11) is 0. The fourth-order valence-corrected chi connectivity index (χ4v) is 2.22. The van der Waals surface area contributed by atoms with Gasteiger partial charge < -0.3 is 5.32 Å². The van der Waals surface area contributed by atoms with Gasteiger partial charge in [-0.15, -0.1) is 0 Å². The van der Waals surface area contributed by atoms with Crippen LogP contribution >= 0.6 is 15.9 Å². The van der Waals surface area contributed by atoms with Crippen molar-refractivity contribution in [3.8, 4) is 0 Å². The molecule has 0 saturated heterocycles. The molecule has 1 unspecified atom stereocenters. The number of carbonyl (C=O) groups is 1. The van der Waals surface area contributed by atoms with Gasteiger partial charge in [0.2, 0.25) is 5.91 Å². The van der Waals surface area contributed by atoms with Crippen molar-refractivity contribution in [2.45, 2.75) is 38.6 Å². The molecule has 2 nitrogen and oxygen atoms in total. The summed E-state index contributed by atoms with van der Waals surface area (Å²) in [5.74, 6) is 0.0787. The molecule has 94 valence electrons. The van der Waals surface area contributed by atoms with Crippen LogP contribution in [0.2, 0.25) is 0 Å². The number of halogens is 1. The van der Waals surface area contributed by atoms with E-state index in [0.717, 1.165) is 17.3 Å². The number of carbonyl (C=O) groups excluding carboxylic acids is 1. The Labute approximate surface area is 112 Å². The Kier molecular flexibility index (Phi) is 5.19. The van der Waals surface area contributed by atoms with Gasteiger partial charge in [0.15, 0.2) is 0 Å². The van der Waals surface area contributed by atoms with Gasteiger partial charge in [0, 0.05) is 11.4 Å². The molecule has 0 heterocycles. The number of hydrogen-bond donors (Lipinski definition) is 1. The van der Waals surface area contributed by atoms with E-state index < -0.39 is 5.41 Å². The third-order valence-electron chi connectivity index (χ3n) is 3.08. The third-order valence-corrected chi connectivity index (χ3v) is 3.86. The Morgan fingerprint density at radius 3 is 2.41 bits per heavy atom. The van der Waals surface area contributed by atoms with Gasteiger partial charge in [0.1, 0.15) is 0 Å². The maximum absolute atomic E-state index is 12.3. The third kappa shape index (κ3) is 3.56. The lowest BCUT2D eigenvalue weighted by atomic mass is 9.83. The Balaban J connectivity index is 2.80. The molecule has 0 aliphatic heterocycles. The smallest absolute Gasteiger partial charge is 0.230 e. The van der Waals surface area contributed by atoms with Crippen LogP contribution in [0.3, 0.4) is 0 Å². The molecule has 1 rings (SSSR count). The highest BCUT2D eigenvalue weighted by atomic mass is 79.9. The van der Waals surface area contributed by atoms with E-state index in [4.69, 9.17) is 0 Å². The highest BCUT2D eigenvalue weighted by Crippen LogP contribution is 2.23. The largest absolute Gasteiger partial charge is 0.352 e. The molecule has 1 aromatic rings. The molecular formula is C14H20BrNO. The summed E-state index contributed by atoms with van der Waals surface area (Å²) in [6.07, 6.45) is 0.932. The molecule has 1 amide bonds. The normalized spacial score (nSPS) is 13.2. The molecule has 3 heteroatoms. The van der Waals surface area contributed by atoms with Crippen molar-refractivity contribution in [1.29, 1.82) is 0 Å². The minimum atomic E-state index is -0.489. The van der Waals surface area contributed by atoms with Crippen LogP contribution in [-0.2, 0) is 10.2 Å². The predicted molar refractivity (Wildman–Crippen MR) is 75.5 cm³/mol. The Bertz CT molecular complexity index is 358. The minimum Gasteiger partial charge on any atom is -0.352 e. The van der Waals surface area contributed by atoms with Crippen molar-refractivity contribution < 1.29 is 4.79 Å². The highest BCUT2D eigenvalue weighted by molar-refractivity contribution is 9.09. The second-order valence-corrected chi connectivity index (χ2v) is 5.37.